The highest BCUT2D eigenvalue weighted by molar-refractivity contribution is 6.03. The number of allylic oxidation sites excluding steroid dienone is 1. The summed E-state index contributed by atoms with van der Waals surface area (Å²) in [5, 5.41) is 3.78. The van der Waals surface area contributed by atoms with Crippen molar-refractivity contribution in [3.63, 3.8) is 0 Å². The molecule has 0 fully saturated rings. The van der Waals surface area contributed by atoms with E-state index in [4.69, 9.17) is 5.73 Å². The van der Waals surface area contributed by atoms with Crippen LogP contribution in [0.1, 0.15) is 5.56 Å². The zero-order valence-electron chi connectivity index (χ0n) is 11.0. The monoisotopic (exact) mass is 280 g/mol. The van der Waals surface area contributed by atoms with Crippen LogP contribution in [0.2, 0.25) is 0 Å². The molecule has 4 N–H and O–H groups in total. The number of aromatic nitrogens is 3. The van der Waals surface area contributed by atoms with Gasteiger partial charge in [-0.3, -0.25) is 14.2 Å². The molecule has 3 aromatic rings. The fraction of sp³-hybridized carbons (Fsp3) is 0.0714. The first-order valence-corrected chi connectivity index (χ1v) is 6.48. The third-order valence-electron chi connectivity index (χ3n) is 3.55. The predicted molar refractivity (Wildman–Crippen MR) is 82.2 cm³/mol. The average Bonchev–Trinajstić information content (AvgIpc) is 2.85. The van der Waals surface area contributed by atoms with Crippen molar-refractivity contribution >= 4 is 34.4 Å². The lowest BCUT2D eigenvalue weighted by Gasteiger charge is -2.11. The molecule has 1 aliphatic heterocycles. The zero-order chi connectivity index (χ0) is 14.4. The number of pyridine rings is 1. The first-order chi connectivity index (χ1) is 10.3. The van der Waals surface area contributed by atoms with E-state index in [1.807, 2.05) is 12.1 Å². The minimum atomic E-state index is -0.0629. The van der Waals surface area contributed by atoms with E-state index in [0.717, 1.165) is 16.8 Å². The number of H-pyrrole nitrogens is 1. The quantitative estimate of drug-likeness (QED) is 0.611. The Hall–Kier alpha value is -3.09. The molecular formula is C14H12N6O. The van der Waals surface area contributed by atoms with Crippen molar-refractivity contribution in [2.75, 3.05) is 12.4 Å². The Morgan fingerprint density at radius 3 is 3.05 bits per heavy atom. The summed E-state index contributed by atoms with van der Waals surface area (Å²) in [6.45, 7) is 0.482. The molecule has 4 heterocycles. The normalized spacial score (nSPS) is 14.4. The summed E-state index contributed by atoms with van der Waals surface area (Å²) in [6.07, 6.45) is 6.82. The molecule has 0 unspecified atom stereocenters. The molecule has 4 rings (SSSR count). The molecule has 104 valence electrons. The van der Waals surface area contributed by atoms with E-state index < -0.39 is 0 Å². The van der Waals surface area contributed by atoms with Crippen LogP contribution < -0.4 is 16.5 Å². The third-order valence-corrected chi connectivity index (χ3v) is 3.55. The number of nitrogens with one attached hydrogen (secondary N) is 2. The summed E-state index contributed by atoms with van der Waals surface area (Å²) in [5.74, 6) is 0.329. The van der Waals surface area contributed by atoms with Crippen LogP contribution in [0.4, 0.5) is 5.95 Å². The van der Waals surface area contributed by atoms with Gasteiger partial charge in [0.15, 0.2) is 5.43 Å². The second-order valence-corrected chi connectivity index (χ2v) is 4.71. The lowest BCUT2D eigenvalue weighted by atomic mass is 10.1. The summed E-state index contributed by atoms with van der Waals surface area (Å²) in [4.78, 5) is 23.6. The van der Waals surface area contributed by atoms with Crippen molar-refractivity contribution in [1.29, 1.82) is 0 Å². The molecule has 0 radical (unpaired) electrons. The molecule has 0 aromatic carbocycles. The van der Waals surface area contributed by atoms with Gasteiger partial charge in [0.05, 0.1) is 10.9 Å². The second-order valence-electron chi connectivity index (χ2n) is 4.71. The van der Waals surface area contributed by atoms with Crippen molar-refractivity contribution in [1.82, 2.24) is 19.7 Å². The summed E-state index contributed by atoms with van der Waals surface area (Å²) in [7, 11) is 0. The molecule has 0 aliphatic carbocycles. The fourth-order valence-electron chi connectivity index (χ4n) is 2.70. The predicted octanol–water partition coefficient (Wildman–Crippen LogP) is 0.730. The number of nitrogens with zero attached hydrogens (tertiary/aromatic N) is 3. The van der Waals surface area contributed by atoms with Crippen LogP contribution in [0, 0.1) is 0 Å². The molecule has 7 heteroatoms. The molecule has 0 saturated carbocycles. The largest absolute Gasteiger partial charge is 0.369 e. The number of aliphatic imine (C=N–C) groups is 1. The fourth-order valence-corrected chi connectivity index (χ4v) is 2.70. The number of hydrogen-bond donors (Lipinski definition) is 3. The van der Waals surface area contributed by atoms with Gasteiger partial charge in [-0.15, -0.1) is 0 Å². The van der Waals surface area contributed by atoms with Gasteiger partial charge in [0, 0.05) is 35.9 Å². The van der Waals surface area contributed by atoms with Gasteiger partial charge in [0.25, 0.3) is 0 Å². The van der Waals surface area contributed by atoms with Crippen LogP contribution in [-0.4, -0.2) is 27.3 Å². The Morgan fingerprint density at radius 1 is 1.33 bits per heavy atom. The summed E-state index contributed by atoms with van der Waals surface area (Å²) in [5.41, 5.74) is 9.04. The number of nitrogens with two attached hydrogens (primary N) is 1. The standard InChI is InChI=1S/C14H12N6O/c15-14-18-5-2-9-11(8-1-4-16-7-19-8)12-10(21)3-6-17-13(12)20(9)14/h1-6,19H,7H2,(H2,15,18)(H,17,21). The molecule has 0 amide bonds. The first kappa shape index (κ1) is 11.7. The summed E-state index contributed by atoms with van der Waals surface area (Å²) in [6, 6.07) is 3.35. The summed E-state index contributed by atoms with van der Waals surface area (Å²) < 4.78 is 1.75. The van der Waals surface area contributed by atoms with Crippen molar-refractivity contribution in [3.05, 3.63) is 46.4 Å². The average molecular weight is 280 g/mol. The number of anilines is 1. The van der Waals surface area contributed by atoms with E-state index in [-0.39, 0.29) is 5.43 Å². The molecule has 3 aromatic heterocycles. The SMILES string of the molecule is Nc1nccc2c(C3=CC=NCN3)c3c(=O)cc[nH]c3n12. The lowest BCUT2D eigenvalue weighted by Crippen LogP contribution is -2.16. The van der Waals surface area contributed by atoms with Gasteiger partial charge in [-0.2, -0.15) is 0 Å². The maximum atomic E-state index is 12.3. The van der Waals surface area contributed by atoms with Crippen molar-refractivity contribution in [2.45, 2.75) is 0 Å². The number of hydrogen-bond acceptors (Lipinski definition) is 5. The van der Waals surface area contributed by atoms with E-state index in [1.54, 1.807) is 23.0 Å². The first-order valence-electron chi connectivity index (χ1n) is 6.48. The van der Waals surface area contributed by atoms with E-state index in [0.29, 0.717) is 23.7 Å². The lowest BCUT2D eigenvalue weighted by molar-refractivity contribution is 0.901. The van der Waals surface area contributed by atoms with Crippen LogP contribution in [-0.2, 0) is 0 Å². The van der Waals surface area contributed by atoms with Gasteiger partial charge in [-0.25, -0.2) is 4.98 Å². The Kier molecular flexibility index (Phi) is 2.34. The molecule has 1 aliphatic rings. The Bertz CT molecular complexity index is 978. The smallest absolute Gasteiger partial charge is 0.206 e. The highest BCUT2D eigenvalue weighted by atomic mass is 16.1. The number of nitrogen functional groups attached to an aromatic ring is 1. The van der Waals surface area contributed by atoms with E-state index in [1.165, 1.54) is 6.07 Å². The van der Waals surface area contributed by atoms with Crippen LogP contribution in [0.25, 0.3) is 22.2 Å². The minimum absolute atomic E-state index is 0.0629. The van der Waals surface area contributed by atoms with Gasteiger partial charge in [0.2, 0.25) is 5.95 Å². The van der Waals surface area contributed by atoms with Gasteiger partial charge in [-0.05, 0) is 12.1 Å². The molecule has 0 saturated heterocycles. The molecule has 7 nitrogen and oxygen atoms in total. The number of fused-ring (bicyclic) bond motifs is 3. The Balaban J connectivity index is 2.26. The maximum Gasteiger partial charge on any atom is 0.206 e. The van der Waals surface area contributed by atoms with Crippen LogP contribution in [0.3, 0.4) is 0 Å². The highest BCUT2D eigenvalue weighted by Gasteiger charge is 2.19. The van der Waals surface area contributed by atoms with Crippen molar-refractivity contribution < 1.29 is 0 Å². The van der Waals surface area contributed by atoms with Crippen LogP contribution in [0.15, 0.2) is 40.4 Å². The Morgan fingerprint density at radius 2 is 2.24 bits per heavy atom. The molecule has 21 heavy (non-hydrogen) atoms. The molecule has 0 bridgehead atoms. The van der Waals surface area contributed by atoms with E-state index >= 15 is 0 Å². The number of rotatable bonds is 1. The summed E-state index contributed by atoms with van der Waals surface area (Å²) >= 11 is 0. The second kappa shape index (κ2) is 4.20. The molecule has 0 atom stereocenters. The van der Waals surface area contributed by atoms with Crippen molar-refractivity contribution in [3.8, 4) is 0 Å². The van der Waals surface area contributed by atoms with Gasteiger partial charge >= 0.3 is 0 Å². The van der Waals surface area contributed by atoms with E-state index in [2.05, 4.69) is 20.3 Å². The van der Waals surface area contributed by atoms with Gasteiger partial charge in [0.1, 0.15) is 12.3 Å². The van der Waals surface area contributed by atoms with Crippen molar-refractivity contribution in [2.24, 2.45) is 4.99 Å². The minimum Gasteiger partial charge on any atom is -0.369 e. The van der Waals surface area contributed by atoms with Gasteiger partial charge in [-0.1, -0.05) is 0 Å². The van der Waals surface area contributed by atoms with Crippen LogP contribution in [0.5, 0.6) is 0 Å². The van der Waals surface area contributed by atoms with Crippen LogP contribution >= 0.6 is 0 Å². The maximum absolute atomic E-state index is 12.3. The molecular weight excluding hydrogens is 268 g/mol. The van der Waals surface area contributed by atoms with Gasteiger partial charge < -0.3 is 16.0 Å². The Labute approximate surface area is 118 Å². The highest BCUT2D eigenvalue weighted by Crippen LogP contribution is 2.29. The van der Waals surface area contributed by atoms with E-state index in [9.17, 15) is 4.79 Å². The number of aromatic amines is 1. The molecule has 0 spiro atoms. The topological polar surface area (TPSA) is 101 Å². The third kappa shape index (κ3) is 1.57. The zero-order valence-corrected chi connectivity index (χ0v) is 11.0.